The second-order valence-electron chi connectivity index (χ2n) is 7.74. The number of carbonyl (C=O) groups excluding carboxylic acids is 1. The van der Waals surface area contributed by atoms with Crippen molar-refractivity contribution in [3.63, 3.8) is 0 Å². The third kappa shape index (κ3) is 3.35. The first-order chi connectivity index (χ1) is 13.1. The number of amides is 1. The monoisotopic (exact) mass is 363 g/mol. The van der Waals surface area contributed by atoms with Crippen LogP contribution in [0.4, 0.5) is 5.69 Å². The molecule has 6 nitrogen and oxygen atoms in total. The van der Waals surface area contributed by atoms with Crippen LogP contribution in [0.15, 0.2) is 30.5 Å². The molecule has 2 fully saturated rings. The lowest BCUT2D eigenvalue weighted by Gasteiger charge is -2.38. The van der Waals surface area contributed by atoms with Crippen LogP contribution in [0.25, 0.3) is 10.9 Å². The SMILES string of the molecule is CC1(C#N)CCN(c2c(C(=O)N3CCNCC3)cnc3ccccc23)CC1. The van der Waals surface area contributed by atoms with Gasteiger partial charge < -0.3 is 15.1 Å². The van der Waals surface area contributed by atoms with E-state index in [9.17, 15) is 10.1 Å². The summed E-state index contributed by atoms with van der Waals surface area (Å²) in [6, 6.07) is 10.5. The summed E-state index contributed by atoms with van der Waals surface area (Å²) < 4.78 is 0. The highest BCUT2D eigenvalue weighted by molar-refractivity contribution is 6.07. The number of hydrogen-bond acceptors (Lipinski definition) is 5. The number of anilines is 1. The third-order valence-electron chi connectivity index (χ3n) is 5.83. The van der Waals surface area contributed by atoms with Crippen molar-refractivity contribution in [2.45, 2.75) is 19.8 Å². The molecule has 2 saturated heterocycles. The van der Waals surface area contributed by atoms with Crippen molar-refractivity contribution in [3.8, 4) is 6.07 Å². The molecular formula is C21H25N5O. The molecule has 0 aliphatic carbocycles. The fraction of sp³-hybridized carbons (Fsp3) is 0.476. The van der Waals surface area contributed by atoms with Gasteiger partial charge in [-0.15, -0.1) is 0 Å². The maximum absolute atomic E-state index is 13.3. The highest BCUT2D eigenvalue weighted by Crippen LogP contribution is 2.37. The predicted molar refractivity (Wildman–Crippen MR) is 106 cm³/mol. The van der Waals surface area contributed by atoms with Crippen LogP contribution in [0.5, 0.6) is 0 Å². The van der Waals surface area contributed by atoms with Crippen LogP contribution in [-0.4, -0.2) is 55.1 Å². The molecule has 1 N–H and O–H groups in total. The summed E-state index contributed by atoms with van der Waals surface area (Å²) in [5, 5.41) is 13.8. The van der Waals surface area contributed by atoms with E-state index in [1.54, 1.807) is 6.20 Å². The van der Waals surface area contributed by atoms with E-state index in [1.807, 2.05) is 36.1 Å². The molecule has 2 aliphatic heterocycles. The van der Waals surface area contributed by atoms with Gasteiger partial charge in [-0.1, -0.05) is 18.2 Å². The van der Waals surface area contributed by atoms with E-state index in [1.165, 1.54) is 0 Å². The summed E-state index contributed by atoms with van der Waals surface area (Å²) >= 11 is 0. The maximum atomic E-state index is 13.3. The molecule has 3 heterocycles. The van der Waals surface area contributed by atoms with E-state index in [2.05, 4.69) is 21.3 Å². The predicted octanol–water partition coefficient (Wildman–Crippen LogP) is 2.41. The Morgan fingerprint density at radius 3 is 2.59 bits per heavy atom. The number of benzene rings is 1. The van der Waals surface area contributed by atoms with Crippen LogP contribution in [-0.2, 0) is 0 Å². The fourth-order valence-corrected chi connectivity index (χ4v) is 4.00. The molecule has 27 heavy (non-hydrogen) atoms. The first kappa shape index (κ1) is 17.7. The summed E-state index contributed by atoms with van der Waals surface area (Å²) in [6.45, 7) is 6.68. The highest BCUT2D eigenvalue weighted by atomic mass is 16.2. The topological polar surface area (TPSA) is 72.3 Å². The van der Waals surface area contributed by atoms with Crippen molar-refractivity contribution in [2.24, 2.45) is 5.41 Å². The zero-order valence-electron chi connectivity index (χ0n) is 15.7. The number of hydrogen-bond donors (Lipinski definition) is 1. The van der Waals surface area contributed by atoms with Crippen LogP contribution in [0.1, 0.15) is 30.1 Å². The van der Waals surface area contributed by atoms with E-state index in [0.717, 1.165) is 68.7 Å². The lowest BCUT2D eigenvalue weighted by Crippen LogP contribution is -2.47. The average molecular weight is 363 g/mol. The van der Waals surface area contributed by atoms with Crippen LogP contribution >= 0.6 is 0 Å². The molecule has 2 aliphatic rings. The number of nitrogens with one attached hydrogen (secondary N) is 1. The van der Waals surface area contributed by atoms with Crippen molar-refractivity contribution in [1.82, 2.24) is 15.2 Å². The minimum Gasteiger partial charge on any atom is -0.370 e. The number of rotatable bonds is 2. The van der Waals surface area contributed by atoms with Crippen molar-refractivity contribution in [2.75, 3.05) is 44.2 Å². The Hall–Kier alpha value is -2.65. The molecule has 0 unspecified atom stereocenters. The summed E-state index contributed by atoms with van der Waals surface area (Å²) in [5.74, 6) is 0.0540. The molecule has 2 aromatic rings. The van der Waals surface area contributed by atoms with E-state index >= 15 is 0 Å². The lowest BCUT2D eigenvalue weighted by atomic mass is 9.81. The number of carbonyl (C=O) groups is 1. The minimum atomic E-state index is -0.276. The number of nitriles is 1. The van der Waals surface area contributed by atoms with Gasteiger partial charge in [-0.3, -0.25) is 9.78 Å². The molecule has 0 radical (unpaired) electrons. The Bertz CT molecular complexity index is 889. The molecular weight excluding hydrogens is 338 g/mol. The number of pyridine rings is 1. The van der Waals surface area contributed by atoms with Gasteiger partial charge in [0.2, 0.25) is 0 Å². The number of fused-ring (bicyclic) bond motifs is 1. The van der Waals surface area contributed by atoms with Crippen LogP contribution < -0.4 is 10.2 Å². The van der Waals surface area contributed by atoms with Crippen LogP contribution in [0, 0.1) is 16.7 Å². The Morgan fingerprint density at radius 1 is 1.19 bits per heavy atom. The normalized spacial score (nSPS) is 19.7. The van der Waals surface area contributed by atoms with Crippen molar-refractivity contribution in [1.29, 1.82) is 5.26 Å². The Kier molecular flexibility index (Phi) is 4.71. The molecule has 1 aromatic carbocycles. The molecule has 140 valence electrons. The van der Waals surface area contributed by atoms with Crippen LogP contribution in [0.2, 0.25) is 0 Å². The van der Waals surface area contributed by atoms with Gasteiger partial charge in [0.1, 0.15) is 0 Å². The number of piperazine rings is 1. The zero-order valence-corrected chi connectivity index (χ0v) is 15.7. The molecule has 0 saturated carbocycles. The molecule has 4 rings (SSSR count). The molecule has 1 amide bonds. The van der Waals surface area contributed by atoms with Gasteiger partial charge in [-0.2, -0.15) is 5.26 Å². The Morgan fingerprint density at radius 2 is 1.89 bits per heavy atom. The Balaban J connectivity index is 1.75. The quantitative estimate of drug-likeness (QED) is 0.887. The van der Waals surface area contributed by atoms with Gasteiger partial charge in [-0.25, -0.2) is 0 Å². The number of para-hydroxylation sites is 1. The minimum absolute atomic E-state index is 0.0540. The zero-order chi connectivity index (χ0) is 18.9. The molecule has 1 aromatic heterocycles. The fourth-order valence-electron chi connectivity index (χ4n) is 4.00. The average Bonchev–Trinajstić information content (AvgIpc) is 2.74. The first-order valence-corrected chi connectivity index (χ1v) is 9.65. The van der Waals surface area contributed by atoms with E-state index in [-0.39, 0.29) is 11.3 Å². The summed E-state index contributed by atoms with van der Waals surface area (Å²) in [4.78, 5) is 22.0. The third-order valence-corrected chi connectivity index (χ3v) is 5.83. The van der Waals surface area contributed by atoms with Gasteiger partial charge in [-0.05, 0) is 25.8 Å². The number of piperidine rings is 1. The lowest BCUT2D eigenvalue weighted by molar-refractivity contribution is 0.0736. The molecule has 0 bridgehead atoms. The second-order valence-corrected chi connectivity index (χ2v) is 7.74. The van der Waals surface area contributed by atoms with Gasteiger partial charge in [0.25, 0.3) is 5.91 Å². The highest BCUT2D eigenvalue weighted by Gasteiger charge is 2.33. The molecule has 0 atom stereocenters. The molecule has 0 spiro atoms. The summed E-state index contributed by atoms with van der Waals surface area (Å²) in [7, 11) is 0. The maximum Gasteiger partial charge on any atom is 0.257 e. The molecule has 6 heteroatoms. The smallest absolute Gasteiger partial charge is 0.257 e. The Labute approximate surface area is 159 Å². The van der Waals surface area contributed by atoms with Crippen molar-refractivity contribution in [3.05, 3.63) is 36.0 Å². The first-order valence-electron chi connectivity index (χ1n) is 9.65. The van der Waals surface area contributed by atoms with Gasteiger partial charge in [0.05, 0.1) is 28.3 Å². The standard InChI is InChI=1S/C21H25N5O/c1-21(15-22)6-10-25(11-7-21)19-16-4-2-3-5-18(16)24-14-17(19)20(27)26-12-8-23-9-13-26/h2-5,14,23H,6-13H2,1H3. The van der Waals surface area contributed by atoms with E-state index < -0.39 is 0 Å². The second kappa shape index (κ2) is 7.16. The van der Waals surface area contributed by atoms with Gasteiger partial charge in [0, 0.05) is 50.9 Å². The summed E-state index contributed by atoms with van der Waals surface area (Å²) in [6.07, 6.45) is 3.35. The van der Waals surface area contributed by atoms with E-state index in [4.69, 9.17) is 0 Å². The summed E-state index contributed by atoms with van der Waals surface area (Å²) in [5.41, 5.74) is 2.28. The van der Waals surface area contributed by atoms with Gasteiger partial charge in [0.15, 0.2) is 0 Å². The van der Waals surface area contributed by atoms with Gasteiger partial charge >= 0.3 is 0 Å². The van der Waals surface area contributed by atoms with E-state index in [0.29, 0.717) is 5.56 Å². The number of aromatic nitrogens is 1. The van der Waals surface area contributed by atoms with Crippen LogP contribution in [0.3, 0.4) is 0 Å². The largest absolute Gasteiger partial charge is 0.370 e. The number of nitrogens with zero attached hydrogens (tertiary/aromatic N) is 4. The van der Waals surface area contributed by atoms with Crippen molar-refractivity contribution < 1.29 is 4.79 Å². The van der Waals surface area contributed by atoms with Crippen molar-refractivity contribution >= 4 is 22.5 Å².